The van der Waals surface area contributed by atoms with Crippen molar-refractivity contribution >= 4 is 18.0 Å². The van der Waals surface area contributed by atoms with Crippen molar-refractivity contribution in [3.8, 4) is 11.1 Å². The first-order chi connectivity index (χ1) is 15.8. The smallest absolute Gasteiger partial charge is 0.407 e. The molecule has 4 N–H and O–H groups in total. The van der Waals surface area contributed by atoms with E-state index in [9.17, 15) is 28.3 Å². The fourth-order valence-corrected chi connectivity index (χ4v) is 3.81. The summed E-state index contributed by atoms with van der Waals surface area (Å²) in [5, 5.41) is 22.4. The Labute approximate surface area is 188 Å². The topological polar surface area (TPSA) is 125 Å². The number of halogens is 2. The number of hydrogen-bond donors (Lipinski definition) is 4. The van der Waals surface area contributed by atoms with Gasteiger partial charge in [-0.15, -0.1) is 0 Å². The van der Waals surface area contributed by atoms with E-state index < -0.39 is 55.9 Å². The molecule has 1 aliphatic rings. The summed E-state index contributed by atoms with van der Waals surface area (Å²) in [6, 6.07) is 13.7. The predicted octanol–water partition coefficient (Wildman–Crippen LogP) is 2.50. The Hall–Kier alpha value is -3.53. The quantitative estimate of drug-likeness (QED) is 0.430. The van der Waals surface area contributed by atoms with Crippen molar-refractivity contribution in [3.63, 3.8) is 0 Å². The average Bonchev–Trinajstić information content (AvgIpc) is 3.08. The van der Waals surface area contributed by atoms with E-state index in [1.165, 1.54) is 0 Å². The number of hydrogen-bond acceptors (Lipinski definition) is 5. The van der Waals surface area contributed by atoms with Crippen LogP contribution in [0.4, 0.5) is 13.6 Å². The van der Waals surface area contributed by atoms with E-state index >= 15 is 0 Å². The Bertz CT molecular complexity index is 970. The van der Waals surface area contributed by atoms with E-state index in [4.69, 9.17) is 9.84 Å². The molecule has 2 unspecified atom stereocenters. The van der Waals surface area contributed by atoms with Gasteiger partial charge in [-0.25, -0.2) is 13.6 Å². The standard InChI is InChI=1S/C23H24F2N2O6/c24-20(25)10-19(22(31)26-11-13(28)9-21(29)30)27-23(32)33-12-18-16-7-3-1-5-14(16)15-6-2-4-8-17(15)18/h1-8,13,18-20,28H,9-12H2,(H,26,31)(H,27,32)(H,29,30). The van der Waals surface area contributed by atoms with Gasteiger partial charge in [0.1, 0.15) is 12.6 Å². The Morgan fingerprint density at radius 3 is 2.12 bits per heavy atom. The molecular formula is C23H24F2N2O6. The number of carboxylic acid groups (broad SMARTS) is 1. The molecule has 0 aromatic heterocycles. The van der Waals surface area contributed by atoms with Gasteiger partial charge in [0, 0.05) is 18.9 Å². The maximum Gasteiger partial charge on any atom is 0.407 e. The van der Waals surface area contributed by atoms with Crippen LogP contribution in [0.25, 0.3) is 11.1 Å². The number of carbonyl (C=O) groups is 3. The number of alkyl carbamates (subject to hydrolysis) is 1. The van der Waals surface area contributed by atoms with Gasteiger partial charge in [-0.05, 0) is 22.3 Å². The number of ether oxygens (including phenoxy) is 1. The van der Waals surface area contributed by atoms with Crippen molar-refractivity contribution in [2.45, 2.75) is 37.3 Å². The molecule has 10 heteroatoms. The van der Waals surface area contributed by atoms with E-state index in [1.807, 2.05) is 48.5 Å². The Morgan fingerprint density at radius 1 is 1.00 bits per heavy atom. The molecule has 0 spiro atoms. The molecule has 2 amide bonds. The summed E-state index contributed by atoms with van der Waals surface area (Å²) in [6.45, 7) is -0.516. The molecule has 8 nitrogen and oxygen atoms in total. The highest BCUT2D eigenvalue weighted by Gasteiger charge is 2.30. The fourth-order valence-electron chi connectivity index (χ4n) is 3.81. The lowest BCUT2D eigenvalue weighted by molar-refractivity contribution is -0.139. The van der Waals surface area contributed by atoms with Crippen molar-refractivity contribution in [3.05, 3.63) is 59.7 Å². The van der Waals surface area contributed by atoms with Crippen LogP contribution in [0.1, 0.15) is 29.9 Å². The highest BCUT2D eigenvalue weighted by atomic mass is 19.3. The first-order valence-electron chi connectivity index (χ1n) is 10.3. The van der Waals surface area contributed by atoms with E-state index in [-0.39, 0.29) is 12.5 Å². The van der Waals surface area contributed by atoms with Gasteiger partial charge in [0.2, 0.25) is 12.3 Å². The number of carbonyl (C=O) groups excluding carboxylic acids is 2. The summed E-state index contributed by atoms with van der Waals surface area (Å²) in [4.78, 5) is 35.1. The Kier molecular flexibility index (Phi) is 7.94. The second kappa shape index (κ2) is 10.9. The molecule has 2 atom stereocenters. The van der Waals surface area contributed by atoms with E-state index in [1.54, 1.807) is 0 Å². The van der Waals surface area contributed by atoms with Crippen LogP contribution in [-0.2, 0) is 14.3 Å². The lowest BCUT2D eigenvalue weighted by Gasteiger charge is -2.20. The van der Waals surface area contributed by atoms with Crippen LogP contribution in [0.15, 0.2) is 48.5 Å². The number of aliphatic carboxylic acids is 1. The zero-order valence-corrected chi connectivity index (χ0v) is 17.5. The monoisotopic (exact) mass is 462 g/mol. The molecule has 0 saturated heterocycles. The average molecular weight is 462 g/mol. The molecule has 3 rings (SSSR count). The van der Waals surface area contributed by atoms with Crippen molar-refractivity contribution in [2.24, 2.45) is 0 Å². The summed E-state index contributed by atoms with van der Waals surface area (Å²) < 4.78 is 31.1. The molecule has 0 heterocycles. The number of aliphatic hydroxyl groups excluding tert-OH is 1. The van der Waals surface area contributed by atoms with Gasteiger partial charge < -0.3 is 25.6 Å². The molecule has 33 heavy (non-hydrogen) atoms. The lowest BCUT2D eigenvalue weighted by Crippen LogP contribution is -2.49. The lowest BCUT2D eigenvalue weighted by atomic mass is 9.98. The Balaban J connectivity index is 1.60. The molecule has 176 valence electrons. The van der Waals surface area contributed by atoms with Gasteiger partial charge in [-0.3, -0.25) is 9.59 Å². The van der Waals surface area contributed by atoms with Gasteiger partial charge in [0.15, 0.2) is 0 Å². The summed E-state index contributed by atoms with van der Waals surface area (Å²) in [6.07, 6.45) is -6.92. The zero-order valence-electron chi connectivity index (χ0n) is 17.5. The third-order valence-electron chi connectivity index (χ3n) is 5.29. The molecule has 1 aliphatic carbocycles. The van der Waals surface area contributed by atoms with Crippen molar-refractivity contribution in [1.82, 2.24) is 10.6 Å². The molecule has 2 aromatic carbocycles. The van der Waals surface area contributed by atoms with Crippen LogP contribution >= 0.6 is 0 Å². The van der Waals surface area contributed by atoms with Gasteiger partial charge >= 0.3 is 12.1 Å². The molecule has 0 radical (unpaired) electrons. The number of benzene rings is 2. The normalized spacial score (nSPS) is 14.2. The van der Waals surface area contributed by atoms with Crippen molar-refractivity contribution < 1.29 is 38.1 Å². The van der Waals surface area contributed by atoms with Crippen molar-refractivity contribution in [2.75, 3.05) is 13.2 Å². The number of carboxylic acids is 1. The van der Waals surface area contributed by atoms with Crippen LogP contribution in [0.2, 0.25) is 0 Å². The number of nitrogens with one attached hydrogen (secondary N) is 2. The minimum atomic E-state index is -2.89. The van der Waals surface area contributed by atoms with Gasteiger partial charge in [0.25, 0.3) is 0 Å². The molecule has 0 saturated carbocycles. The van der Waals surface area contributed by atoms with E-state index in [2.05, 4.69) is 10.6 Å². The summed E-state index contributed by atoms with van der Waals surface area (Å²) in [7, 11) is 0. The highest BCUT2D eigenvalue weighted by Crippen LogP contribution is 2.44. The Morgan fingerprint density at radius 2 is 1.58 bits per heavy atom. The van der Waals surface area contributed by atoms with E-state index in [0.29, 0.717) is 0 Å². The maximum atomic E-state index is 12.9. The molecule has 2 aromatic rings. The first kappa shape index (κ1) is 24.1. The summed E-state index contributed by atoms with van der Waals surface area (Å²) >= 11 is 0. The summed E-state index contributed by atoms with van der Waals surface area (Å²) in [5.74, 6) is -2.50. The first-order valence-corrected chi connectivity index (χ1v) is 10.3. The number of fused-ring (bicyclic) bond motifs is 3. The number of rotatable bonds is 10. The van der Waals surface area contributed by atoms with Crippen molar-refractivity contribution in [1.29, 1.82) is 0 Å². The minimum Gasteiger partial charge on any atom is -0.481 e. The third-order valence-corrected chi connectivity index (χ3v) is 5.29. The van der Waals surface area contributed by atoms with Crippen LogP contribution in [0.3, 0.4) is 0 Å². The van der Waals surface area contributed by atoms with Gasteiger partial charge in [0.05, 0.1) is 12.5 Å². The second-order valence-corrected chi connectivity index (χ2v) is 7.65. The van der Waals surface area contributed by atoms with Crippen LogP contribution < -0.4 is 10.6 Å². The predicted molar refractivity (Wildman–Crippen MR) is 114 cm³/mol. The largest absolute Gasteiger partial charge is 0.481 e. The molecule has 0 aliphatic heterocycles. The zero-order chi connectivity index (χ0) is 24.0. The highest BCUT2D eigenvalue weighted by molar-refractivity contribution is 5.86. The fraction of sp³-hybridized carbons (Fsp3) is 0.348. The third kappa shape index (κ3) is 6.26. The van der Waals surface area contributed by atoms with Crippen LogP contribution in [-0.4, -0.2) is 59.9 Å². The minimum absolute atomic E-state index is 0.0554. The number of alkyl halides is 2. The second-order valence-electron chi connectivity index (χ2n) is 7.65. The summed E-state index contributed by atoms with van der Waals surface area (Å²) in [5.41, 5.74) is 4.00. The van der Waals surface area contributed by atoms with E-state index in [0.717, 1.165) is 22.3 Å². The SMILES string of the molecule is O=C(O)CC(O)CNC(=O)C(CC(F)F)NC(=O)OCC1c2ccccc2-c2ccccc21. The van der Waals surface area contributed by atoms with Crippen LogP contribution in [0, 0.1) is 0 Å². The number of amides is 2. The van der Waals surface area contributed by atoms with Crippen LogP contribution in [0.5, 0.6) is 0 Å². The number of aliphatic hydroxyl groups is 1. The maximum absolute atomic E-state index is 12.9. The molecular weight excluding hydrogens is 438 g/mol. The molecule has 0 fully saturated rings. The van der Waals surface area contributed by atoms with Gasteiger partial charge in [-0.2, -0.15) is 0 Å². The van der Waals surface area contributed by atoms with Gasteiger partial charge in [-0.1, -0.05) is 48.5 Å². The molecule has 0 bridgehead atoms.